The van der Waals surface area contributed by atoms with E-state index in [1.807, 2.05) is 0 Å². The molecule has 118 valence electrons. The summed E-state index contributed by atoms with van der Waals surface area (Å²) in [5.74, 6) is -0.621. The molecule has 0 amide bonds. The van der Waals surface area contributed by atoms with Gasteiger partial charge in [-0.25, -0.2) is 12.8 Å². The second kappa shape index (κ2) is 6.20. The molecule has 2 bridgehead atoms. The molecular formula is C14H20ClFN2O2S. The molecule has 0 saturated carbocycles. The van der Waals surface area contributed by atoms with Gasteiger partial charge in [-0.3, -0.25) is 0 Å². The van der Waals surface area contributed by atoms with Gasteiger partial charge >= 0.3 is 0 Å². The van der Waals surface area contributed by atoms with Crippen LogP contribution >= 0.6 is 12.4 Å². The van der Waals surface area contributed by atoms with Crippen LogP contribution in [0, 0.1) is 12.7 Å². The van der Waals surface area contributed by atoms with Crippen molar-refractivity contribution in [1.29, 1.82) is 0 Å². The first-order valence-corrected chi connectivity index (χ1v) is 8.45. The fraction of sp³-hybridized carbons (Fsp3) is 0.571. The van der Waals surface area contributed by atoms with E-state index in [4.69, 9.17) is 0 Å². The van der Waals surface area contributed by atoms with E-state index in [1.165, 1.54) is 6.07 Å². The van der Waals surface area contributed by atoms with Crippen molar-refractivity contribution in [3.05, 3.63) is 29.6 Å². The predicted molar refractivity (Wildman–Crippen MR) is 81.7 cm³/mol. The molecule has 2 saturated heterocycles. The lowest BCUT2D eigenvalue weighted by Crippen LogP contribution is -2.42. The van der Waals surface area contributed by atoms with Crippen LogP contribution < -0.4 is 5.32 Å². The van der Waals surface area contributed by atoms with Gasteiger partial charge in [0.15, 0.2) is 0 Å². The third kappa shape index (κ3) is 2.82. The number of halogens is 2. The zero-order valence-electron chi connectivity index (χ0n) is 11.9. The van der Waals surface area contributed by atoms with Crippen molar-refractivity contribution in [3.8, 4) is 0 Å². The second-order valence-corrected chi connectivity index (χ2v) is 7.41. The molecule has 2 atom stereocenters. The summed E-state index contributed by atoms with van der Waals surface area (Å²) < 4.78 is 41.4. The SMILES string of the molecule is Cc1cccc(S(=O)(=O)N2C3CCNCC2CC3)c1F.Cl. The standard InChI is InChI=1S/C14H19FN2O2S.ClH/c1-10-3-2-4-13(14(10)15)20(18,19)17-11-5-6-12(17)9-16-8-7-11;/h2-4,11-12,16H,5-9H2,1H3;1H. The smallest absolute Gasteiger partial charge is 0.246 e. The number of aryl methyl sites for hydroxylation is 1. The van der Waals surface area contributed by atoms with Crippen LogP contribution in [0.5, 0.6) is 0 Å². The lowest BCUT2D eigenvalue weighted by atomic mass is 10.1. The average molecular weight is 335 g/mol. The molecule has 1 aromatic rings. The number of rotatable bonds is 2. The van der Waals surface area contributed by atoms with Gasteiger partial charge in [-0.1, -0.05) is 12.1 Å². The lowest BCUT2D eigenvalue weighted by molar-refractivity contribution is 0.332. The van der Waals surface area contributed by atoms with Crippen LogP contribution in [-0.2, 0) is 10.0 Å². The molecule has 2 aliphatic rings. The third-order valence-corrected chi connectivity index (χ3v) is 6.32. The van der Waals surface area contributed by atoms with Gasteiger partial charge in [0.1, 0.15) is 10.7 Å². The zero-order chi connectivity index (χ0) is 14.3. The zero-order valence-corrected chi connectivity index (χ0v) is 13.5. The van der Waals surface area contributed by atoms with Gasteiger partial charge < -0.3 is 5.32 Å². The van der Waals surface area contributed by atoms with E-state index in [2.05, 4.69) is 5.32 Å². The summed E-state index contributed by atoms with van der Waals surface area (Å²) >= 11 is 0. The van der Waals surface area contributed by atoms with Crippen molar-refractivity contribution in [2.75, 3.05) is 13.1 Å². The fourth-order valence-electron chi connectivity index (χ4n) is 3.26. The molecule has 2 aliphatic heterocycles. The Bertz CT molecular complexity index is 609. The summed E-state index contributed by atoms with van der Waals surface area (Å²) in [6.07, 6.45) is 2.52. The van der Waals surface area contributed by atoms with Crippen LogP contribution in [0.15, 0.2) is 23.1 Å². The number of fused-ring (bicyclic) bond motifs is 2. The molecule has 0 aromatic heterocycles. The maximum atomic E-state index is 14.2. The molecule has 7 heteroatoms. The van der Waals surface area contributed by atoms with Crippen molar-refractivity contribution in [2.45, 2.75) is 43.2 Å². The van der Waals surface area contributed by atoms with Gasteiger partial charge in [-0.15, -0.1) is 12.4 Å². The van der Waals surface area contributed by atoms with Crippen LogP contribution in [0.2, 0.25) is 0 Å². The van der Waals surface area contributed by atoms with Crippen LogP contribution in [0.25, 0.3) is 0 Å². The highest BCUT2D eigenvalue weighted by Gasteiger charge is 2.43. The van der Waals surface area contributed by atoms with E-state index < -0.39 is 15.8 Å². The van der Waals surface area contributed by atoms with E-state index in [1.54, 1.807) is 23.4 Å². The summed E-state index contributed by atoms with van der Waals surface area (Å²) in [6.45, 7) is 3.07. The van der Waals surface area contributed by atoms with Crippen LogP contribution in [-0.4, -0.2) is 37.9 Å². The largest absolute Gasteiger partial charge is 0.315 e. The maximum absolute atomic E-state index is 14.2. The number of nitrogens with one attached hydrogen (secondary N) is 1. The summed E-state index contributed by atoms with van der Waals surface area (Å²) in [5.41, 5.74) is 0.367. The van der Waals surface area contributed by atoms with E-state index in [9.17, 15) is 12.8 Å². The van der Waals surface area contributed by atoms with Crippen molar-refractivity contribution in [1.82, 2.24) is 9.62 Å². The Morgan fingerprint density at radius 2 is 1.95 bits per heavy atom. The minimum Gasteiger partial charge on any atom is -0.315 e. The predicted octanol–water partition coefficient (Wildman–Crippen LogP) is 2.07. The number of hydrogen-bond acceptors (Lipinski definition) is 3. The second-order valence-electron chi connectivity index (χ2n) is 5.60. The Kier molecular flexibility index (Phi) is 4.92. The minimum atomic E-state index is -3.76. The summed E-state index contributed by atoms with van der Waals surface area (Å²) in [6, 6.07) is 4.51. The molecule has 0 radical (unpaired) electrons. The monoisotopic (exact) mass is 334 g/mol. The van der Waals surface area contributed by atoms with Gasteiger partial charge in [0.25, 0.3) is 0 Å². The minimum absolute atomic E-state index is 0. The topological polar surface area (TPSA) is 49.4 Å². The van der Waals surface area contributed by atoms with Crippen molar-refractivity contribution < 1.29 is 12.8 Å². The van der Waals surface area contributed by atoms with Crippen LogP contribution in [0.4, 0.5) is 4.39 Å². The van der Waals surface area contributed by atoms with Crippen molar-refractivity contribution in [3.63, 3.8) is 0 Å². The quantitative estimate of drug-likeness (QED) is 0.900. The molecule has 0 spiro atoms. The molecule has 21 heavy (non-hydrogen) atoms. The molecule has 2 unspecified atom stereocenters. The van der Waals surface area contributed by atoms with Gasteiger partial charge in [-0.2, -0.15) is 4.31 Å². The number of hydrogen-bond donors (Lipinski definition) is 1. The van der Waals surface area contributed by atoms with Crippen molar-refractivity contribution >= 4 is 22.4 Å². The molecule has 2 heterocycles. The van der Waals surface area contributed by atoms with E-state index in [-0.39, 0.29) is 29.4 Å². The number of benzene rings is 1. The molecule has 1 aromatic carbocycles. The summed E-state index contributed by atoms with van der Waals surface area (Å²) in [5, 5.41) is 3.26. The van der Waals surface area contributed by atoms with Crippen molar-refractivity contribution in [2.24, 2.45) is 0 Å². The number of sulfonamides is 1. The Balaban J connectivity index is 0.00000161. The maximum Gasteiger partial charge on any atom is 0.246 e. The Morgan fingerprint density at radius 3 is 2.71 bits per heavy atom. The molecule has 2 fully saturated rings. The molecule has 3 rings (SSSR count). The molecule has 4 nitrogen and oxygen atoms in total. The first-order chi connectivity index (χ1) is 9.51. The van der Waals surface area contributed by atoms with E-state index in [0.29, 0.717) is 12.1 Å². The first-order valence-electron chi connectivity index (χ1n) is 7.01. The van der Waals surface area contributed by atoms with Crippen LogP contribution in [0.1, 0.15) is 24.8 Å². The highest BCUT2D eigenvalue weighted by molar-refractivity contribution is 7.89. The fourth-order valence-corrected chi connectivity index (χ4v) is 5.31. The average Bonchev–Trinajstić information content (AvgIpc) is 2.66. The molecular weight excluding hydrogens is 315 g/mol. The summed E-state index contributed by atoms with van der Waals surface area (Å²) in [4.78, 5) is -0.184. The molecule has 1 N–H and O–H groups in total. The summed E-state index contributed by atoms with van der Waals surface area (Å²) in [7, 11) is -3.76. The Hall–Kier alpha value is -0.690. The highest BCUT2D eigenvalue weighted by atomic mass is 35.5. The number of nitrogens with zero attached hydrogens (tertiary/aromatic N) is 1. The van der Waals surface area contributed by atoms with Gasteiger partial charge in [-0.05, 0) is 44.4 Å². The van der Waals surface area contributed by atoms with Gasteiger partial charge in [0.05, 0.1) is 0 Å². The highest BCUT2D eigenvalue weighted by Crippen LogP contribution is 2.34. The van der Waals surface area contributed by atoms with E-state index in [0.717, 1.165) is 25.8 Å². The Labute approximate surface area is 131 Å². The van der Waals surface area contributed by atoms with Crippen LogP contribution in [0.3, 0.4) is 0 Å². The first kappa shape index (κ1) is 16.7. The van der Waals surface area contributed by atoms with Gasteiger partial charge in [0, 0.05) is 18.6 Å². The van der Waals surface area contributed by atoms with E-state index >= 15 is 0 Å². The molecule has 0 aliphatic carbocycles. The normalized spacial score (nSPS) is 26.2. The van der Waals surface area contributed by atoms with Gasteiger partial charge in [0.2, 0.25) is 10.0 Å². The third-order valence-electron chi connectivity index (χ3n) is 4.30. The lowest BCUT2D eigenvalue weighted by Gasteiger charge is -2.27. The Morgan fingerprint density at radius 1 is 1.24 bits per heavy atom.